The molecule has 3 heterocycles. The fraction of sp³-hybridized carbons (Fsp3) is 0.471. The smallest absolute Gasteiger partial charge is 0.276 e. The molecule has 1 aromatic carbocycles. The van der Waals surface area contributed by atoms with E-state index in [1.54, 1.807) is 4.90 Å². The predicted octanol–water partition coefficient (Wildman–Crippen LogP) is 1.52. The summed E-state index contributed by atoms with van der Waals surface area (Å²) in [6.45, 7) is 3.26. The van der Waals surface area contributed by atoms with Crippen LogP contribution in [0.3, 0.4) is 0 Å². The molecule has 1 atom stereocenters. The largest absolute Gasteiger partial charge is 0.334 e. The molecule has 2 aliphatic heterocycles. The molecule has 0 spiro atoms. The molecule has 6 nitrogen and oxygen atoms in total. The third-order valence-corrected chi connectivity index (χ3v) is 5.01. The van der Waals surface area contributed by atoms with Gasteiger partial charge < -0.3 is 4.90 Å². The van der Waals surface area contributed by atoms with Gasteiger partial charge in [-0.15, -0.1) is 5.10 Å². The van der Waals surface area contributed by atoms with Crippen LogP contribution in [0, 0.1) is 11.6 Å². The first kappa shape index (κ1) is 16.1. The van der Waals surface area contributed by atoms with E-state index >= 15 is 0 Å². The Morgan fingerprint density at radius 2 is 2.00 bits per heavy atom. The Labute approximate surface area is 144 Å². The molecule has 0 radical (unpaired) electrons. The lowest BCUT2D eigenvalue weighted by atomic mass is 10.1. The van der Waals surface area contributed by atoms with Gasteiger partial charge in [0, 0.05) is 31.2 Å². The first-order chi connectivity index (χ1) is 12.1. The van der Waals surface area contributed by atoms with Crippen molar-refractivity contribution in [2.75, 3.05) is 26.2 Å². The van der Waals surface area contributed by atoms with Crippen molar-refractivity contribution < 1.29 is 13.6 Å². The number of fused-ring (bicyclic) bond motifs is 1. The lowest BCUT2D eigenvalue weighted by Gasteiger charge is -2.37. The summed E-state index contributed by atoms with van der Waals surface area (Å²) in [5, 5.41) is 7.75. The number of rotatable bonds is 3. The van der Waals surface area contributed by atoms with Gasteiger partial charge in [0.15, 0.2) is 5.69 Å². The minimum absolute atomic E-state index is 0.0917. The van der Waals surface area contributed by atoms with Crippen molar-refractivity contribution in [1.82, 2.24) is 24.8 Å². The predicted molar refractivity (Wildman–Crippen MR) is 86.0 cm³/mol. The second kappa shape index (κ2) is 6.51. The second-order valence-corrected chi connectivity index (χ2v) is 6.58. The van der Waals surface area contributed by atoms with Crippen LogP contribution in [-0.2, 0) is 6.54 Å². The molecule has 2 aromatic rings. The van der Waals surface area contributed by atoms with Crippen LogP contribution in [0.25, 0.3) is 0 Å². The van der Waals surface area contributed by atoms with Crippen molar-refractivity contribution in [2.24, 2.45) is 0 Å². The summed E-state index contributed by atoms with van der Waals surface area (Å²) in [6.07, 6.45) is 3.75. The first-order valence-electron chi connectivity index (χ1n) is 8.48. The molecule has 132 valence electrons. The molecule has 0 N–H and O–H groups in total. The van der Waals surface area contributed by atoms with Gasteiger partial charge in [-0.2, -0.15) is 0 Å². The molecule has 2 saturated heterocycles. The van der Waals surface area contributed by atoms with Gasteiger partial charge in [-0.05, 0) is 31.5 Å². The highest BCUT2D eigenvalue weighted by atomic mass is 19.1. The van der Waals surface area contributed by atoms with Crippen LogP contribution in [0.5, 0.6) is 0 Å². The molecule has 2 aliphatic rings. The van der Waals surface area contributed by atoms with E-state index in [0.29, 0.717) is 19.1 Å². The van der Waals surface area contributed by atoms with Crippen molar-refractivity contribution in [1.29, 1.82) is 0 Å². The molecule has 25 heavy (non-hydrogen) atoms. The molecule has 2 fully saturated rings. The number of carbonyl (C=O) groups excluding carboxylic acids is 1. The number of benzene rings is 1. The summed E-state index contributed by atoms with van der Waals surface area (Å²) in [6, 6.07) is 4.14. The monoisotopic (exact) mass is 347 g/mol. The van der Waals surface area contributed by atoms with Crippen LogP contribution in [-0.4, -0.2) is 62.9 Å². The molecule has 1 aromatic heterocycles. The summed E-state index contributed by atoms with van der Waals surface area (Å²) in [7, 11) is 0. The zero-order chi connectivity index (χ0) is 17.4. The summed E-state index contributed by atoms with van der Waals surface area (Å²) in [5.41, 5.74) is 0.120. The van der Waals surface area contributed by atoms with Gasteiger partial charge in [-0.3, -0.25) is 9.69 Å². The van der Waals surface area contributed by atoms with Gasteiger partial charge in [0.1, 0.15) is 11.6 Å². The zero-order valence-corrected chi connectivity index (χ0v) is 13.7. The van der Waals surface area contributed by atoms with Gasteiger partial charge in [0.25, 0.3) is 5.91 Å². The number of hydrogen-bond donors (Lipinski definition) is 0. The van der Waals surface area contributed by atoms with E-state index < -0.39 is 11.6 Å². The van der Waals surface area contributed by atoms with E-state index in [0.717, 1.165) is 19.5 Å². The van der Waals surface area contributed by atoms with Gasteiger partial charge in [0.2, 0.25) is 0 Å². The molecule has 8 heteroatoms. The van der Waals surface area contributed by atoms with Crippen LogP contribution < -0.4 is 0 Å². The van der Waals surface area contributed by atoms with Crippen molar-refractivity contribution >= 4 is 5.91 Å². The van der Waals surface area contributed by atoms with Gasteiger partial charge in [-0.25, -0.2) is 13.5 Å². The van der Waals surface area contributed by atoms with E-state index in [1.165, 1.54) is 35.5 Å². The number of carbonyl (C=O) groups is 1. The molecule has 0 bridgehead atoms. The molecule has 0 unspecified atom stereocenters. The molecule has 4 rings (SSSR count). The maximum Gasteiger partial charge on any atom is 0.276 e. The number of amides is 1. The minimum Gasteiger partial charge on any atom is -0.334 e. The van der Waals surface area contributed by atoms with Crippen LogP contribution in [0.4, 0.5) is 8.78 Å². The van der Waals surface area contributed by atoms with E-state index in [1.807, 2.05) is 0 Å². The quantitative estimate of drug-likeness (QED) is 0.845. The van der Waals surface area contributed by atoms with Gasteiger partial charge in [-0.1, -0.05) is 11.3 Å². The Kier molecular flexibility index (Phi) is 4.20. The van der Waals surface area contributed by atoms with E-state index in [4.69, 9.17) is 0 Å². The van der Waals surface area contributed by atoms with Crippen molar-refractivity contribution in [3.8, 4) is 0 Å². The third-order valence-electron chi connectivity index (χ3n) is 5.01. The molecular weight excluding hydrogens is 328 g/mol. The van der Waals surface area contributed by atoms with Gasteiger partial charge in [0.05, 0.1) is 12.7 Å². The Bertz CT molecular complexity index is 773. The van der Waals surface area contributed by atoms with E-state index in [9.17, 15) is 13.6 Å². The standard InChI is InChI=1S/C17H19F2N5O/c18-14-4-1-5-15(19)13(14)10-24-11-16(20-21-24)17(25)23-8-7-22-6-2-3-12(22)9-23/h1,4-5,11-12H,2-3,6-10H2/t12-/m1/s1. The molecule has 1 amide bonds. The highest BCUT2D eigenvalue weighted by molar-refractivity contribution is 5.92. The minimum atomic E-state index is -0.638. The SMILES string of the molecule is O=C(c1cn(Cc2c(F)cccc2F)nn1)N1CCN2CCC[C@@H]2C1. The normalized spacial score (nSPS) is 20.7. The van der Waals surface area contributed by atoms with Crippen LogP contribution >= 0.6 is 0 Å². The van der Waals surface area contributed by atoms with Crippen molar-refractivity contribution in [2.45, 2.75) is 25.4 Å². The van der Waals surface area contributed by atoms with Crippen molar-refractivity contribution in [3.05, 3.63) is 47.3 Å². The lowest BCUT2D eigenvalue weighted by Crippen LogP contribution is -2.52. The maximum absolute atomic E-state index is 13.7. The fourth-order valence-corrected chi connectivity index (χ4v) is 3.66. The average molecular weight is 347 g/mol. The first-order valence-corrected chi connectivity index (χ1v) is 8.48. The Morgan fingerprint density at radius 3 is 2.80 bits per heavy atom. The Morgan fingerprint density at radius 1 is 1.20 bits per heavy atom. The number of hydrogen-bond acceptors (Lipinski definition) is 4. The molecule has 0 saturated carbocycles. The van der Waals surface area contributed by atoms with Gasteiger partial charge >= 0.3 is 0 Å². The zero-order valence-electron chi connectivity index (χ0n) is 13.7. The lowest BCUT2D eigenvalue weighted by molar-refractivity contribution is 0.0565. The average Bonchev–Trinajstić information content (AvgIpc) is 3.26. The Balaban J connectivity index is 1.46. The summed E-state index contributed by atoms with van der Waals surface area (Å²) >= 11 is 0. The summed E-state index contributed by atoms with van der Waals surface area (Å²) < 4.78 is 28.8. The topological polar surface area (TPSA) is 54.3 Å². The van der Waals surface area contributed by atoms with Crippen LogP contribution in [0.2, 0.25) is 0 Å². The van der Waals surface area contributed by atoms with Crippen LogP contribution in [0.15, 0.2) is 24.4 Å². The van der Waals surface area contributed by atoms with E-state index in [-0.39, 0.29) is 23.7 Å². The third kappa shape index (κ3) is 3.13. The number of piperazine rings is 1. The molecular formula is C17H19F2N5O. The van der Waals surface area contributed by atoms with E-state index in [2.05, 4.69) is 15.2 Å². The van der Waals surface area contributed by atoms with Crippen molar-refractivity contribution in [3.63, 3.8) is 0 Å². The molecule has 0 aliphatic carbocycles. The second-order valence-electron chi connectivity index (χ2n) is 6.58. The highest BCUT2D eigenvalue weighted by Gasteiger charge is 2.33. The summed E-state index contributed by atoms with van der Waals surface area (Å²) in [5.74, 6) is -1.45. The fourth-order valence-electron chi connectivity index (χ4n) is 3.66. The van der Waals surface area contributed by atoms with Crippen LogP contribution in [0.1, 0.15) is 28.9 Å². The summed E-state index contributed by atoms with van der Waals surface area (Å²) in [4.78, 5) is 16.8. The number of halogens is 2. The number of nitrogens with zero attached hydrogens (tertiary/aromatic N) is 5. The maximum atomic E-state index is 13.7. The highest BCUT2D eigenvalue weighted by Crippen LogP contribution is 2.22. The Hall–Kier alpha value is -2.35. The number of aromatic nitrogens is 3.